The van der Waals surface area contributed by atoms with Crippen molar-refractivity contribution >= 4 is 57.3 Å². The number of carbonyl (C=O) groups excluding carboxylic acids is 2. The van der Waals surface area contributed by atoms with E-state index >= 15 is 0 Å². The molecule has 1 unspecified atom stereocenters. The summed E-state index contributed by atoms with van der Waals surface area (Å²) in [6.07, 6.45) is 0. The maximum Gasteiger partial charge on any atom is 0.255 e. The van der Waals surface area contributed by atoms with Crippen LogP contribution in [0.15, 0.2) is 83.1 Å². The van der Waals surface area contributed by atoms with Crippen LogP contribution in [-0.4, -0.2) is 29.2 Å². The van der Waals surface area contributed by atoms with Crippen LogP contribution in [0.1, 0.15) is 17.3 Å². The van der Waals surface area contributed by atoms with Crippen molar-refractivity contribution in [1.82, 2.24) is 4.98 Å². The Morgan fingerprint density at radius 3 is 2.63 bits per heavy atom. The molecular weight excluding hydrogens is 502 g/mol. The van der Waals surface area contributed by atoms with Crippen LogP contribution in [0.2, 0.25) is 5.02 Å². The number of halogens is 1. The third kappa shape index (κ3) is 6.42. The number of carbonyl (C=O) groups is 2. The van der Waals surface area contributed by atoms with Gasteiger partial charge in [-0.2, -0.15) is 0 Å². The fourth-order valence-corrected chi connectivity index (χ4v) is 5.09. The molecule has 6 nitrogen and oxygen atoms in total. The van der Waals surface area contributed by atoms with Crippen LogP contribution in [0.25, 0.3) is 11.3 Å². The molecule has 1 aromatic heterocycles. The number of methoxy groups -OCH3 is 1. The molecule has 178 valence electrons. The molecule has 0 bridgehead atoms. The molecule has 0 fully saturated rings. The Balaban J connectivity index is 1.38. The standard InChI is InChI=1S/C26H22ClN3O3S2/c1-16(24(31)30-26-29-22(15-34-26)21-11-3-4-12-23(21)33-2)35-20-10-6-9-19(14-20)28-25(32)17-7-5-8-18(27)13-17/h3-16H,1-2H3,(H,28,32)(H,29,30,31). The van der Waals surface area contributed by atoms with Crippen molar-refractivity contribution in [3.8, 4) is 17.0 Å². The van der Waals surface area contributed by atoms with Gasteiger partial charge in [0.15, 0.2) is 5.13 Å². The van der Waals surface area contributed by atoms with Crippen molar-refractivity contribution in [2.45, 2.75) is 17.1 Å². The molecule has 4 rings (SSSR count). The van der Waals surface area contributed by atoms with Gasteiger partial charge in [0.2, 0.25) is 5.91 Å². The second-order valence-corrected chi connectivity index (χ2v) is 10.2. The molecule has 0 saturated heterocycles. The normalized spacial score (nSPS) is 11.5. The predicted molar refractivity (Wildman–Crippen MR) is 144 cm³/mol. The third-order valence-corrected chi connectivity index (χ3v) is 7.06. The van der Waals surface area contributed by atoms with Gasteiger partial charge in [0.25, 0.3) is 5.91 Å². The molecular formula is C26H22ClN3O3S2. The van der Waals surface area contributed by atoms with Crippen molar-refractivity contribution in [1.29, 1.82) is 0 Å². The van der Waals surface area contributed by atoms with E-state index in [9.17, 15) is 9.59 Å². The number of nitrogens with one attached hydrogen (secondary N) is 2. The molecule has 0 aliphatic heterocycles. The Morgan fingerprint density at radius 2 is 1.83 bits per heavy atom. The van der Waals surface area contributed by atoms with E-state index in [0.717, 1.165) is 21.9 Å². The van der Waals surface area contributed by atoms with Gasteiger partial charge in [-0.05, 0) is 55.5 Å². The molecule has 0 radical (unpaired) electrons. The highest BCUT2D eigenvalue weighted by molar-refractivity contribution is 8.00. The number of aromatic nitrogens is 1. The quantitative estimate of drug-likeness (QED) is 0.247. The Morgan fingerprint density at radius 1 is 1.03 bits per heavy atom. The zero-order valence-electron chi connectivity index (χ0n) is 18.9. The lowest BCUT2D eigenvalue weighted by Crippen LogP contribution is -2.22. The summed E-state index contributed by atoms with van der Waals surface area (Å²) < 4.78 is 5.40. The number of hydrogen-bond acceptors (Lipinski definition) is 6. The van der Waals surface area contributed by atoms with E-state index in [1.54, 1.807) is 37.4 Å². The summed E-state index contributed by atoms with van der Waals surface area (Å²) >= 11 is 8.73. The number of benzene rings is 3. The van der Waals surface area contributed by atoms with Crippen LogP contribution in [0.4, 0.5) is 10.8 Å². The summed E-state index contributed by atoms with van der Waals surface area (Å²) in [4.78, 5) is 30.7. The molecule has 4 aromatic rings. The van der Waals surface area contributed by atoms with Gasteiger partial charge in [0.1, 0.15) is 5.75 Å². The highest BCUT2D eigenvalue weighted by atomic mass is 35.5. The lowest BCUT2D eigenvalue weighted by atomic mass is 10.1. The largest absolute Gasteiger partial charge is 0.496 e. The molecule has 3 aromatic carbocycles. The Labute approximate surface area is 216 Å². The first-order chi connectivity index (χ1) is 16.9. The monoisotopic (exact) mass is 523 g/mol. The minimum Gasteiger partial charge on any atom is -0.496 e. The van der Waals surface area contributed by atoms with Gasteiger partial charge < -0.3 is 15.4 Å². The van der Waals surface area contributed by atoms with Crippen molar-refractivity contribution in [3.05, 3.63) is 88.8 Å². The number of amides is 2. The summed E-state index contributed by atoms with van der Waals surface area (Å²) in [5.74, 6) is 0.307. The predicted octanol–water partition coefficient (Wildman–Crippen LogP) is 6.84. The van der Waals surface area contributed by atoms with Gasteiger partial charge in [-0.1, -0.05) is 35.9 Å². The van der Waals surface area contributed by atoms with Gasteiger partial charge >= 0.3 is 0 Å². The van der Waals surface area contributed by atoms with E-state index in [-0.39, 0.29) is 17.1 Å². The maximum absolute atomic E-state index is 12.8. The first-order valence-electron chi connectivity index (χ1n) is 10.7. The first-order valence-corrected chi connectivity index (χ1v) is 12.8. The SMILES string of the molecule is COc1ccccc1-c1csc(NC(=O)C(C)Sc2cccc(NC(=O)c3cccc(Cl)c3)c2)n1. The molecule has 0 aliphatic rings. The van der Waals surface area contributed by atoms with E-state index in [4.69, 9.17) is 16.3 Å². The smallest absolute Gasteiger partial charge is 0.255 e. The summed E-state index contributed by atoms with van der Waals surface area (Å²) in [5, 5.41) is 8.27. The highest BCUT2D eigenvalue weighted by Crippen LogP contribution is 2.32. The lowest BCUT2D eigenvalue weighted by molar-refractivity contribution is -0.115. The zero-order valence-corrected chi connectivity index (χ0v) is 21.3. The molecule has 0 spiro atoms. The van der Waals surface area contributed by atoms with Crippen molar-refractivity contribution in [2.24, 2.45) is 0 Å². The molecule has 0 aliphatic carbocycles. The number of para-hydroxylation sites is 1. The van der Waals surface area contributed by atoms with Gasteiger partial charge in [-0.25, -0.2) is 4.98 Å². The van der Waals surface area contributed by atoms with Crippen LogP contribution in [0, 0.1) is 0 Å². The van der Waals surface area contributed by atoms with Crippen molar-refractivity contribution in [2.75, 3.05) is 17.7 Å². The Hall–Kier alpha value is -3.33. The molecule has 35 heavy (non-hydrogen) atoms. The molecule has 2 N–H and O–H groups in total. The molecule has 0 saturated carbocycles. The fraction of sp³-hybridized carbons (Fsp3) is 0.115. The molecule has 9 heteroatoms. The maximum atomic E-state index is 12.8. The molecule has 1 atom stereocenters. The lowest BCUT2D eigenvalue weighted by Gasteiger charge is -2.12. The van der Waals surface area contributed by atoms with E-state index in [1.807, 2.05) is 54.8 Å². The van der Waals surface area contributed by atoms with E-state index in [0.29, 0.717) is 21.4 Å². The average molecular weight is 524 g/mol. The fourth-order valence-electron chi connectivity index (χ4n) is 3.26. The van der Waals surface area contributed by atoms with Gasteiger partial charge in [-0.3, -0.25) is 9.59 Å². The zero-order chi connectivity index (χ0) is 24.8. The summed E-state index contributed by atoms with van der Waals surface area (Å²) in [6.45, 7) is 1.83. The minimum absolute atomic E-state index is 0.163. The van der Waals surface area contributed by atoms with Crippen LogP contribution < -0.4 is 15.4 Å². The van der Waals surface area contributed by atoms with Crippen molar-refractivity contribution < 1.29 is 14.3 Å². The van der Waals surface area contributed by atoms with Gasteiger partial charge in [0, 0.05) is 32.1 Å². The van der Waals surface area contributed by atoms with Gasteiger partial charge in [-0.15, -0.1) is 23.1 Å². The number of nitrogens with zero attached hydrogens (tertiary/aromatic N) is 1. The molecule has 2 amide bonds. The number of rotatable bonds is 8. The van der Waals surface area contributed by atoms with Gasteiger partial charge in [0.05, 0.1) is 18.1 Å². The van der Waals surface area contributed by atoms with Crippen molar-refractivity contribution in [3.63, 3.8) is 0 Å². The number of thiazole rings is 1. The van der Waals surface area contributed by atoms with Crippen LogP contribution >= 0.6 is 34.7 Å². The number of anilines is 2. The third-order valence-electron chi connectivity index (χ3n) is 4.98. The number of hydrogen-bond donors (Lipinski definition) is 2. The molecule has 1 heterocycles. The second-order valence-electron chi connectivity index (χ2n) is 7.48. The summed E-state index contributed by atoms with van der Waals surface area (Å²) in [7, 11) is 1.62. The van der Waals surface area contributed by atoms with E-state index < -0.39 is 0 Å². The van der Waals surface area contributed by atoms with Crippen LogP contribution in [-0.2, 0) is 4.79 Å². The first kappa shape index (κ1) is 24.8. The number of thioether (sulfide) groups is 1. The summed E-state index contributed by atoms with van der Waals surface area (Å²) in [5.41, 5.74) is 2.71. The Kier molecular flexibility index (Phi) is 8.07. The topological polar surface area (TPSA) is 80.3 Å². The van der Waals surface area contributed by atoms with E-state index in [2.05, 4.69) is 15.6 Å². The number of ether oxygens (including phenoxy) is 1. The second kappa shape index (κ2) is 11.4. The highest BCUT2D eigenvalue weighted by Gasteiger charge is 2.18. The van der Waals surface area contributed by atoms with Crippen LogP contribution in [0.5, 0.6) is 5.75 Å². The average Bonchev–Trinajstić information content (AvgIpc) is 3.32. The summed E-state index contributed by atoms with van der Waals surface area (Å²) in [6, 6.07) is 21.7. The Bertz CT molecular complexity index is 1360. The van der Waals surface area contributed by atoms with Crippen LogP contribution in [0.3, 0.4) is 0 Å². The minimum atomic E-state index is -0.382. The van der Waals surface area contributed by atoms with E-state index in [1.165, 1.54) is 23.1 Å².